The second kappa shape index (κ2) is 6.58. The Labute approximate surface area is 130 Å². The Morgan fingerprint density at radius 3 is 3.14 bits per heavy atom. The van der Waals surface area contributed by atoms with Gasteiger partial charge < -0.3 is 19.7 Å². The molecule has 1 aromatic rings. The summed E-state index contributed by atoms with van der Waals surface area (Å²) in [7, 11) is 1.55. The summed E-state index contributed by atoms with van der Waals surface area (Å²) in [5.41, 5.74) is -0.242. The van der Waals surface area contributed by atoms with Gasteiger partial charge in [0.2, 0.25) is 11.9 Å². The van der Waals surface area contributed by atoms with Crippen molar-refractivity contribution in [2.45, 2.75) is 30.9 Å². The first kappa shape index (κ1) is 15.2. The third-order valence-corrected chi connectivity index (χ3v) is 4.27. The van der Waals surface area contributed by atoms with Crippen LogP contribution in [0.3, 0.4) is 0 Å². The molecule has 0 bridgehead atoms. The summed E-state index contributed by atoms with van der Waals surface area (Å²) in [6.07, 6.45) is 6.24. The number of rotatable bonds is 4. The van der Waals surface area contributed by atoms with Gasteiger partial charge in [-0.2, -0.15) is 0 Å². The number of aromatic nitrogens is 2. The van der Waals surface area contributed by atoms with E-state index in [1.165, 1.54) is 0 Å². The summed E-state index contributed by atoms with van der Waals surface area (Å²) in [5.74, 6) is 0.657. The number of carbonyl (C=O) groups excluding carboxylic acids is 1. The van der Waals surface area contributed by atoms with Gasteiger partial charge in [0.05, 0.1) is 18.2 Å². The Morgan fingerprint density at radius 2 is 2.36 bits per heavy atom. The van der Waals surface area contributed by atoms with E-state index >= 15 is 0 Å². The fourth-order valence-electron chi connectivity index (χ4n) is 3.30. The Kier molecular flexibility index (Phi) is 4.54. The molecule has 0 radical (unpaired) electrons. The third-order valence-electron chi connectivity index (χ3n) is 4.27. The Balaban J connectivity index is 1.59. The van der Waals surface area contributed by atoms with Gasteiger partial charge in [-0.05, 0) is 18.9 Å². The molecule has 1 N–H and O–H groups in total. The molecule has 7 nitrogen and oxygen atoms in total. The molecule has 0 saturated carbocycles. The zero-order valence-electron chi connectivity index (χ0n) is 12.8. The highest BCUT2D eigenvalue weighted by Crippen LogP contribution is 2.35. The van der Waals surface area contributed by atoms with Gasteiger partial charge in [-0.3, -0.25) is 4.79 Å². The lowest BCUT2D eigenvalue weighted by Gasteiger charge is -2.39. The largest absolute Gasteiger partial charge is 0.375 e. The molecule has 0 aliphatic carbocycles. The number of nitrogens with one attached hydrogen (secondary N) is 1. The topological polar surface area (TPSA) is 76.6 Å². The molecule has 2 aliphatic rings. The molecule has 2 saturated heterocycles. The number of amides is 1. The van der Waals surface area contributed by atoms with Gasteiger partial charge in [0.25, 0.3) is 0 Å². The van der Waals surface area contributed by atoms with Gasteiger partial charge in [-0.15, -0.1) is 0 Å². The van der Waals surface area contributed by atoms with Crippen LogP contribution in [0.4, 0.5) is 5.95 Å². The number of hydrogen-bond acceptors (Lipinski definition) is 6. The van der Waals surface area contributed by atoms with Crippen LogP contribution >= 0.6 is 0 Å². The SMILES string of the molecule is COCC(=O)N1CCCC2(CC(Nc3ncccn3)CO2)C1. The van der Waals surface area contributed by atoms with Crippen LogP contribution in [0.15, 0.2) is 18.5 Å². The summed E-state index contributed by atoms with van der Waals surface area (Å²) in [6, 6.07) is 1.97. The van der Waals surface area contributed by atoms with Crippen molar-refractivity contribution in [3.8, 4) is 0 Å². The van der Waals surface area contributed by atoms with E-state index in [1.807, 2.05) is 4.90 Å². The monoisotopic (exact) mass is 306 g/mol. The summed E-state index contributed by atoms with van der Waals surface area (Å²) in [4.78, 5) is 22.2. The van der Waals surface area contributed by atoms with Crippen LogP contribution in [0.1, 0.15) is 19.3 Å². The lowest BCUT2D eigenvalue weighted by atomic mass is 9.88. The van der Waals surface area contributed by atoms with E-state index in [-0.39, 0.29) is 24.2 Å². The zero-order valence-corrected chi connectivity index (χ0v) is 12.8. The van der Waals surface area contributed by atoms with E-state index in [2.05, 4.69) is 15.3 Å². The fraction of sp³-hybridized carbons (Fsp3) is 0.667. The molecule has 1 spiro atoms. The van der Waals surface area contributed by atoms with Crippen molar-refractivity contribution in [1.29, 1.82) is 0 Å². The van der Waals surface area contributed by atoms with Gasteiger partial charge in [0, 0.05) is 39.0 Å². The molecule has 7 heteroatoms. The van der Waals surface area contributed by atoms with Crippen molar-refractivity contribution in [3.63, 3.8) is 0 Å². The Morgan fingerprint density at radius 1 is 1.55 bits per heavy atom. The number of hydrogen-bond donors (Lipinski definition) is 1. The van der Waals surface area contributed by atoms with Crippen molar-refractivity contribution in [1.82, 2.24) is 14.9 Å². The minimum Gasteiger partial charge on any atom is -0.375 e. The van der Waals surface area contributed by atoms with E-state index in [9.17, 15) is 4.79 Å². The number of likely N-dealkylation sites (tertiary alicyclic amines) is 1. The first-order chi connectivity index (χ1) is 10.7. The second-order valence-electron chi connectivity index (χ2n) is 5.96. The number of anilines is 1. The van der Waals surface area contributed by atoms with Crippen LogP contribution in [-0.2, 0) is 14.3 Å². The van der Waals surface area contributed by atoms with Crippen LogP contribution < -0.4 is 5.32 Å². The average Bonchev–Trinajstić information content (AvgIpc) is 2.90. The Hall–Kier alpha value is -1.73. The van der Waals surface area contributed by atoms with E-state index < -0.39 is 0 Å². The molecule has 120 valence electrons. The molecule has 2 fully saturated rings. The highest BCUT2D eigenvalue weighted by molar-refractivity contribution is 5.77. The quantitative estimate of drug-likeness (QED) is 0.882. The van der Waals surface area contributed by atoms with Crippen molar-refractivity contribution in [2.24, 2.45) is 0 Å². The molecule has 2 aliphatic heterocycles. The lowest BCUT2D eigenvalue weighted by molar-refractivity contribution is -0.143. The minimum absolute atomic E-state index is 0.0352. The van der Waals surface area contributed by atoms with Crippen LogP contribution in [0.5, 0.6) is 0 Å². The number of carbonyl (C=O) groups is 1. The standard InChI is InChI=1S/C15H22N4O3/c1-21-10-13(20)19-7-2-4-15(11-19)8-12(9-22-15)18-14-16-5-3-6-17-14/h3,5-6,12H,2,4,7-11H2,1H3,(H,16,17,18). The van der Waals surface area contributed by atoms with E-state index in [0.717, 1.165) is 25.8 Å². The second-order valence-corrected chi connectivity index (χ2v) is 5.96. The van der Waals surface area contributed by atoms with Gasteiger partial charge in [0.1, 0.15) is 6.61 Å². The summed E-state index contributed by atoms with van der Waals surface area (Å²) in [5, 5.41) is 3.31. The molecular weight excluding hydrogens is 284 g/mol. The summed E-state index contributed by atoms with van der Waals surface area (Å²) >= 11 is 0. The molecule has 1 aromatic heterocycles. The number of ether oxygens (including phenoxy) is 2. The highest BCUT2D eigenvalue weighted by Gasteiger charge is 2.44. The lowest BCUT2D eigenvalue weighted by Crippen LogP contribution is -2.51. The summed E-state index contributed by atoms with van der Waals surface area (Å²) in [6.45, 7) is 2.18. The van der Waals surface area contributed by atoms with Gasteiger partial charge in [-0.1, -0.05) is 0 Å². The highest BCUT2D eigenvalue weighted by atomic mass is 16.5. The maximum absolute atomic E-state index is 12.0. The molecule has 3 heterocycles. The Bertz CT molecular complexity index is 513. The van der Waals surface area contributed by atoms with Gasteiger partial charge >= 0.3 is 0 Å². The van der Waals surface area contributed by atoms with Crippen LogP contribution in [0.2, 0.25) is 0 Å². The van der Waals surface area contributed by atoms with Crippen molar-refractivity contribution in [3.05, 3.63) is 18.5 Å². The average molecular weight is 306 g/mol. The van der Waals surface area contributed by atoms with E-state index in [0.29, 0.717) is 19.1 Å². The molecule has 0 aromatic carbocycles. The van der Waals surface area contributed by atoms with Gasteiger partial charge in [0.15, 0.2) is 0 Å². The van der Waals surface area contributed by atoms with Crippen molar-refractivity contribution >= 4 is 11.9 Å². The van der Waals surface area contributed by atoms with Crippen LogP contribution in [0.25, 0.3) is 0 Å². The first-order valence-electron chi connectivity index (χ1n) is 7.65. The van der Waals surface area contributed by atoms with E-state index in [4.69, 9.17) is 9.47 Å². The predicted octanol–water partition coefficient (Wildman–Crippen LogP) is 0.685. The molecule has 3 rings (SSSR count). The minimum atomic E-state index is -0.242. The van der Waals surface area contributed by atoms with Crippen LogP contribution in [0, 0.1) is 0 Å². The van der Waals surface area contributed by atoms with E-state index in [1.54, 1.807) is 25.6 Å². The molecular formula is C15H22N4O3. The molecule has 2 unspecified atom stereocenters. The predicted molar refractivity (Wildman–Crippen MR) is 80.4 cm³/mol. The van der Waals surface area contributed by atoms with Gasteiger partial charge in [-0.25, -0.2) is 9.97 Å². The number of methoxy groups -OCH3 is 1. The number of nitrogens with zero attached hydrogens (tertiary/aromatic N) is 3. The summed E-state index contributed by atoms with van der Waals surface area (Å²) < 4.78 is 11.0. The third kappa shape index (κ3) is 3.36. The smallest absolute Gasteiger partial charge is 0.248 e. The van der Waals surface area contributed by atoms with Crippen LogP contribution in [-0.4, -0.2) is 65.8 Å². The molecule has 1 amide bonds. The number of piperidine rings is 1. The van der Waals surface area contributed by atoms with Crippen molar-refractivity contribution < 1.29 is 14.3 Å². The molecule has 22 heavy (non-hydrogen) atoms. The van der Waals surface area contributed by atoms with Crippen molar-refractivity contribution in [2.75, 3.05) is 38.7 Å². The first-order valence-corrected chi connectivity index (χ1v) is 7.65. The fourth-order valence-corrected chi connectivity index (χ4v) is 3.30. The maximum atomic E-state index is 12.0. The maximum Gasteiger partial charge on any atom is 0.248 e. The normalized spacial score (nSPS) is 28.0. The zero-order chi connectivity index (χ0) is 15.4. The molecule has 2 atom stereocenters.